The van der Waals surface area contributed by atoms with Crippen molar-refractivity contribution in [2.24, 2.45) is 5.41 Å². The molecule has 1 saturated carbocycles. The molecule has 4 aromatic rings. The van der Waals surface area contributed by atoms with Gasteiger partial charge in [0.25, 0.3) is 5.88 Å². The van der Waals surface area contributed by atoms with Crippen LogP contribution in [-0.2, 0) is 17.9 Å². The normalized spacial score (nSPS) is 20.4. The molecular formula is C32H28F3N5O4. The van der Waals surface area contributed by atoms with Crippen LogP contribution in [0, 0.1) is 29.4 Å². The van der Waals surface area contributed by atoms with Crippen LogP contribution in [0.3, 0.4) is 0 Å². The topological polar surface area (TPSA) is 94.1 Å². The number of halogens is 3. The molecule has 1 spiro atoms. The lowest BCUT2D eigenvalue weighted by Crippen LogP contribution is -2.36. The molecule has 44 heavy (non-hydrogen) atoms. The smallest absolute Gasteiger partial charge is 0.335 e. The molecule has 4 heterocycles. The van der Waals surface area contributed by atoms with Gasteiger partial charge in [-0.3, -0.25) is 0 Å². The molecular weight excluding hydrogens is 575 g/mol. The van der Waals surface area contributed by atoms with Gasteiger partial charge in [0.2, 0.25) is 0 Å². The van der Waals surface area contributed by atoms with E-state index in [1.165, 1.54) is 12.1 Å². The van der Waals surface area contributed by atoms with E-state index in [2.05, 4.69) is 14.4 Å². The zero-order chi connectivity index (χ0) is 30.6. The molecule has 2 aromatic heterocycles. The Balaban J connectivity index is 1.07. The number of pyridine rings is 1. The van der Waals surface area contributed by atoms with Gasteiger partial charge >= 0.3 is 5.97 Å². The fourth-order valence-corrected chi connectivity index (χ4v) is 6.43. The lowest BCUT2D eigenvalue weighted by molar-refractivity contribution is -0.0590. The molecule has 0 amide bonds. The van der Waals surface area contributed by atoms with Crippen LogP contribution in [-0.4, -0.2) is 51.4 Å². The summed E-state index contributed by atoms with van der Waals surface area (Å²) in [5.41, 5.74) is 1.96. The number of fused-ring (bicyclic) bond motifs is 1. The summed E-state index contributed by atoms with van der Waals surface area (Å²) in [6, 6.07) is 9.62. The maximum Gasteiger partial charge on any atom is 0.335 e. The third kappa shape index (κ3) is 5.01. The molecule has 3 aliphatic rings. The van der Waals surface area contributed by atoms with E-state index < -0.39 is 29.3 Å². The quantitative estimate of drug-likeness (QED) is 0.238. The summed E-state index contributed by atoms with van der Waals surface area (Å²) in [6.07, 6.45) is 3.40. The van der Waals surface area contributed by atoms with Gasteiger partial charge in [-0.25, -0.2) is 27.8 Å². The van der Waals surface area contributed by atoms with Gasteiger partial charge in [0.05, 0.1) is 35.8 Å². The van der Waals surface area contributed by atoms with Gasteiger partial charge < -0.3 is 24.0 Å². The number of carbonyl (C=O) groups is 1. The van der Waals surface area contributed by atoms with Crippen molar-refractivity contribution < 1.29 is 32.5 Å². The van der Waals surface area contributed by atoms with Crippen LogP contribution >= 0.6 is 0 Å². The number of carboxylic acids is 1. The summed E-state index contributed by atoms with van der Waals surface area (Å²) in [5.74, 6) is -2.79. The van der Waals surface area contributed by atoms with Crippen LogP contribution in [0.4, 0.5) is 24.7 Å². The molecule has 1 unspecified atom stereocenters. The maximum atomic E-state index is 14.9. The van der Waals surface area contributed by atoms with Crippen LogP contribution in [0.1, 0.15) is 53.3 Å². The predicted octanol–water partition coefficient (Wildman–Crippen LogP) is 6.24. The highest BCUT2D eigenvalue weighted by Gasteiger charge is 2.57. The summed E-state index contributed by atoms with van der Waals surface area (Å²) >= 11 is 0. The second-order valence-corrected chi connectivity index (χ2v) is 11.7. The zero-order valence-electron chi connectivity index (χ0n) is 23.6. The van der Waals surface area contributed by atoms with Crippen molar-refractivity contribution in [3.63, 3.8) is 0 Å². The first-order valence-corrected chi connectivity index (χ1v) is 14.5. The maximum absolute atomic E-state index is 14.9. The van der Waals surface area contributed by atoms with E-state index >= 15 is 0 Å². The summed E-state index contributed by atoms with van der Waals surface area (Å²) in [6.45, 7) is 8.96. The minimum atomic E-state index is -0.992. The number of imidazole rings is 1. The van der Waals surface area contributed by atoms with Gasteiger partial charge in [0, 0.05) is 37.2 Å². The number of nitrogens with zero attached hydrogens (tertiary/aromatic N) is 5. The largest absolute Gasteiger partial charge is 0.478 e. The first-order valence-electron chi connectivity index (χ1n) is 14.5. The third-order valence-corrected chi connectivity index (χ3v) is 9.17. The number of benzene rings is 2. The molecule has 2 aromatic carbocycles. The van der Waals surface area contributed by atoms with E-state index in [9.17, 15) is 23.1 Å². The van der Waals surface area contributed by atoms with Crippen molar-refractivity contribution >= 4 is 28.5 Å². The van der Waals surface area contributed by atoms with Gasteiger partial charge in [-0.1, -0.05) is 12.1 Å². The van der Waals surface area contributed by atoms with Gasteiger partial charge in [0.1, 0.15) is 18.2 Å². The highest BCUT2D eigenvalue weighted by Crippen LogP contribution is 2.65. The molecule has 9 nitrogen and oxygen atoms in total. The Morgan fingerprint density at radius 3 is 2.57 bits per heavy atom. The highest BCUT2D eigenvalue weighted by atomic mass is 19.1. The van der Waals surface area contributed by atoms with Crippen LogP contribution in [0.5, 0.6) is 5.88 Å². The second-order valence-electron chi connectivity index (χ2n) is 11.7. The molecule has 2 aliphatic heterocycles. The van der Waals surface area contributed by atoms with E-state index in [0.717, 1.165) is 54.7 Å². The average molecular weight is 604 g/mol. The fraction of sp³-hybridized carbons (Fsp3) is 0.375. The number of hydrogen-bond donors (Lipinski definition) is 1. The molecule has 0 radical (unpaired) electrons. The van der Waals surface area contributed by atoms with Crippen molar-refractivity contribution in [1.82, 2.24) is 14.5 Å². The van der Waals surface area contributed by atoms with E-state index in [0.29, 0.717) is 26.2 Å². The third-order valence-electron chi connectivity index (χ3n) is 9.17. The molecule has 1 aliphatic carbocycles. The van der Waals surface area contributed by atoms with Crippen LogP contribution < -0.4 is 9.64 Å². The number of carboxylic acid groups (broad SMARTS) is 1. The number of ether oxygens (including phenoxy) is 2. The Labute approximate surface area is 250 Å². The molecule has 12 heteroatoms. The number of aromatic carboxylic acids is 1. The van der Waals surface area contributed by atoms with E-state index in [1.807, 2.05) is 0 Å². The lowest BCUT2D eigenvalue weighted by atomic mass is 9.90. The Morgan fingerprint density at radius 1 is 1.09 bits per heavy atom. The molecule has 3 fully saturated rings. The monoisotopic (exact) mass is 603 g/mol. The molecule has 1 N–H and O–H groups in total. The minimum Gasteiger partial charge on any atom is -0.478 e. The minimum absolute atomic E-state index is 0.0205. The first kappa shape index (κ1) is 28.2. The SMILES string of the molecule is [C-]#[N+]c1ccc(COc2nc(N3CCC4(CC3)CC4c3nc4ccc(C(=O)O)cc4n3C[C@@H]3CCO3)c(F)cc2F)c(F)c1. The number of rotatable bonds is 8. The van der Waals surface area contributed by atoms with Gasteiger partial charge in [-0.15, -0.1) is 0 Å². The summed E-state index contributed by atoms with van der Waals surface area (Å²) in [7, 11) is 0. The van der Waals surface area contributed by atoms with Crippen molar-refractivity contribution in [2.75, 3.05) is 24.6 Å². The van der Waals surface area contributed by atoms with Gasteiger partial charge in [0.15, 0.2) is 23.1 Å². The molecule has 226 valence electrons. The predicted molar refractivity (Wildman–Crippen MR) is 153 cm³/mol. The van der Waals surface area contributed by atoms with E-state index in [1.54, 1.807) is 23.1 Å². The number of aromatic nitrogens is 3. The summed E-state index contributed by atoms with van der Waals surface area (Å²) in [4.78, 5) is 25.7. The lowest BCUT2D eigenvalue weighted by Gasteiger charge is -2.34. The zero-order valence-corrected chi connectivity index (χ0v) is 23.6. The Bertz CT molecular complexity index is 1820. The van der Waals surface area contributed by atoms with Crippen LogP contribution in [0.2, 0.25) is 0 Å². The number of anilines is 1. The number of piperidine rings is 1. The highest BCUT2D eigenvalue weighted by molar-refractivity contribution is 5.92. The molecule has 0 bridgehead atoms. The van der Waals surface area contributed by atoms with Crippen LogP contribution in [0.25, 0.3) is 15.9 Å². The molecule has 2 atom stereocenters. The second kappa shape index (κ2) is 10.8. The molecule has 2 saturated heterocycles. The summed E-state index contributed by atoms with van der Waals surface area (Å²) in [5, 5.41) is 9.54. The number of hydrogen-bond acceptors (Lipinski definition) is 6. The van der Waals surface area contributed by atoms with Crippen molar-refractivity contribution in [2.45, 2.75) is 50.9 Å². The average Bonchev–Trinajstić information content (AvgIpc) is 3.56. The van der Waals surface area contributed by atoms with Crippen molar-refractivity contribution in [3.05, 3.63) is 88.3 Å². The Kier molecular flexibility index (Phi) is 6.93. The Morgan fingerprint density at radius 2 is 1.89 bits per heavy atom. The standard InChI is InChI=1S/C32H28F3N5O4/c1-36-20-4-2-19(23(33)13-20)17-44-30-25(35)14-24(34)29(38-30)39-9-7-32(8-10-39)15-22(32)28-37-26-5-3-18(31(41)42)12-27(26)40(28)16-21-6-11-43-21/h2-5,12-14,21-22H,6-11,15-17H2,(H,41,42)/t21-,22?/m0/s1. The van der Waals surface area contributed by atoms with Gasteiger partial charge in [-0.2, -0.15) is 4.98 Å². The van der Waals surface area contributed by atoms with E-state index in [4.69, 9.17) is 21.0 Å². The van der Waals surface area contributed by atoms with Crippen LogP contribution in [0.15, 0.2) is 42.5 Å². The Hall–Kier alpha value is -4.63. The van der Waals surface area contributed by atoms with Crippen molar-refractivity contribution in [1.29, 1.82) is 0 Å². The van der Waals surface area contributed by atoms with E-state index in [-0.39, 0.29) is 46.7 Å². The first-order chi connectivity index (χ1) is 21.2. The van der Waals surface area contributed by atoms with Crippen molar-refractivity contribution in [3.8, 4) is 5.88 Å². The fourth-order valence-electron chi connectivity index (χ4n) is 6.43. The molecule has 7 rings (SSSR count). The summed E-state index contributed by atoms with van der Waals surface area (Å²) < 4.78 is 57.1. The van der Waals surface area contributed by atoms with Gasteiger partial charge in [-0.05, 0) is 55.4 Å².